The van der Waals surface area contributed by atoms with Crippen LogP contribution in [0.15, 0.2) is 34.8 Å². The summed E-state index contributed by atoms with van der Waals surface area (Å²) in [6.45, 7) is 4.02. The molecule has 0 saturated carbocycles. The summed E-state index contributed by atoms with van der Waals surface area (Å²) < 4.78 is 11.3. The van der Waals surface area contributed by atoms with Gasteiger partial charge in [-0.15, -0.1) is 0 Å². The zero-order valence-electron chi connectivity index (χ0n) is 13.7. The van der Waals surface area contributed by atoms with E-state index in [0.717, 1.165) is 26.9 Å². The highest BCUT2D eigenvalue weighted by Crippen LogP contribution is 2.33. The van der Waals surface area contributed by atoms with Crippen molar-refractivity contribution in [3.63, 3.8) is 0 Å². The molecular weight excluding hydrogens is 358 g/mol. The molecule has 0 aromatic heterocycles. The highest BCUT2D eigenvalue weighted by atomic mass is 79.9. The lowest BCUT2D eigenvalue weighted by atomic mass is 10.1. The van der Waals surface area contributed by atoms with Crippen LogP contribution < -0.4 is 14.8 Å². The molecular formula is C18H20BrNO3. The third kappa shape index (κ3) is 4.05. The number of halogens is 1. The predicted molar refractivity (Wildman–Crippen MR) is 95.5 cm³/mol. The van der Waals surface area contributed by atoms with Gasteiger partial charge in [-0.25, -0.2) is 0 Å². The fourth-order valence-corrected chi connectivity index (χ4v) is 2.75. The Hall–Kier alpha value is -2.01. The van der Waals surface area contributed by atoms with E-state index >= 15 is 0 Å². The molecule has 0 aliphatic rings. The van der Waals surface area contributed by atoms with E-state index in [-0.39, 0.29) is 12.3 Å². The Kier molecular flexibility index (Phi) is 5.66. The van der Waals surface area contributed by atoms with Crippen LogP contribution in [-0.4, -0.2) is 20.1 Å². The van der Waals surface area contributed by atoms with Crippen LogP contribution in [0.25, 0.3) is 0 Å². The SMILES string of the molecule is COc1cc(Br)c(CC(=O)Nc2cccc(C)c2C)cc1OC. The number of carbonyl (C=O) groups is 1. The van der Waals surface area contributed by atoms with Crippen LogP contribution in [0.2, 0.25) is 0 Å². The van der Waals surface area contributed by atoms with Gasteiger partial charge in [-0.3, -0.25) is 4.79 Å². The number of anilines is 1. The second-order valence-electron chi connectivity index (χ2n) is 5.27. The summed E-state index contributed by atoms with van der Waals surface area (Å²) in [5.41, 5.74) is 3.90. The van der Waals surface area contributed by atoms with Gasteiger partial charge in [-0.2, -0.15) is 0 Å². The Labute approximate surface area is 144 Å². The average Bonchev–Trinajstić information content (AvgIpc) is 2.53. The smallest absolute Gasteiger partial charge is 0.228 e. The number of hydrogen-bond donors (Lipinski definition) is 1. The molecule has 1 N–H and O–H groups in total. The fraction of sp³-hybridized carbons (Fsp3) is 0.278. The summed E-state index contributed by atoms with van der Waals surface area (Å²) in [6, 6.07) is 9.48. The molecule has 0 bridgehead atoms. The lowest BCUT2D eigenvalue weighted by Crippen LogP contribution is -2.15. The second kappa shape index (κ2) is 7.51. The normalized spacial score (nSPS) is 10.3. The maximum Gasteiger partial charge on any atom is 0.228 e. The zero-order chi connectivity index (χ0) is 17.0. The summed E-state index contributed by atoms with van der Waals surface area (Å²) in [5.74, 6) is 1.15. The number of rotatable bonds is 5. The highest BCUT2D eigenvalue weighted by Gasteiger charge is 2.13. The summed E-state index contributed by atoms with van der Waals surface area (Å²) in [5, 5.41) is 2.96. The summed E-state index contributed by atoms with van der Waals surface area (Å²) in [7, 11) is 3.16. The molecule has 0 aliphatic heterocycles. The van der Waals surface area contributed by atoms with Crippen LogP contribution in [-0.2, 0) is 11.2 Å². The molecule has 23 heavy (non-hydrogen) atoms. The largest absolute Gasteiger partial charge is 0.493 e. The summed E-state index contributed by atoms with van der Waals surface area (Å²) in [4.78, 5) is 12.3. The van der Waals surface area contributed by atoms with Crippen molar-refractivity contribution in [2.45, 2.75) is 20.3 Å². The lowest BCUT2D eigenvalue weighted by molar-refractivity contribution is -0.115. The van der Waals surface area contributed by atoms with Gasteiger partial charge in [0.15, 0.2) is 11.5 Å². The first-order chi connectivity index (χ1) is 11.0. The van der Waals surface area contributed by atoms with Gasteiger partial charge in [0.2, 0.25) is 5.91 Å². The van der Waals surface area contributed by atoms with E-state index in [4.69, 9.17) is 9.47 Å². The molecule has 0 saturated heterocycles. The van der Waals surface area contributed by atoms with E-state index in [9.17, 15) is 4.79 Å². The first-order valence-electron chi connectivity index (χ1n) is 7.22. The van der Waals surface area contributed by atoms with Crippen LogP contribution >= 0.6 is 15.9 Å². The lowest BCUT2D eigenvalue weighted by Gasteiger charge is -2.13. The van der Waals surface area contributed by atoms with Crippen molar-refractivity contribution < 1.29 is 14.3 Å². The van der Waals surface area contributed by atoms with Crippen molar-refractivity contribution in [3.05, 3.63) is 51.5 Å². The molecule has 0 heterocycles. The van der Waals surface area contributed by atoms with Crippen LogP contribution in [0.4, 0.5) is 5.69 Å². The topological polar surface area (TPSA) is 47.6 Å². The monoisotopic (exact) mass is 377 g/mol. The van der Waals surface area contributed by atoms with Gasteiger partial charge in [0, 0.05) is 10.2 Å². The van der Waals surface area contributed by atoms with Crippen LogP contribution in [0.1, 0.15) is 16.7 Å². The molecule has 122 valence electrons. The van der Waals surface area contributed by atoms with Gasteiger partial charge in [-0.05, 0) is 48.7 Å². The average molecular weight is 378 g/mol. The van der Waals surface area contributed by atoms with Crippen molar-refractivity contribution >= 4 is 27.5 Å². The molecule has 4 nitrogen and oxygen atoms in total. The minimum atomic E-state index is -0.0772. The van der Waals surface area contributed by atoms with Crippen molar-refractivity contribution in [1.29, 1.82) is 0 Å². The second-order valence-corrected chi connectivity index (χ2v) is 6.13. The first kappa shape index (κ1) is 17.3. The number of aryl methyl sites for hydroxylation is 1. The molecule has 2 aromatic carbocycles. The molecule has 0 spiro atoms. The number of methoxy groups -OCH3 is 2. The zero-order valence-corrected chi connectivity index (χ0v) is 15.3. The highest BCUT2D eigenvalue weighted by molar-refractivity contribution is 9.10. The third-order valence-corrected chi connectivity index (χ3v) is 4.52. The minimum Gasteiger partial charge on any atom is -0.493 e. The van der Waals surface area contributed by atoms with Crippen molar-refractivity contribution in [3.8, 4) is 11.5 Å². The van der Waals surface area contributed by atoms with Crippen molar-refractivity contribution in [2.75, 3.05) is 19.5 Å². The number of nitrogens with one attached hydrogen (secondary N) is 1. The molecule has 0 fully saturated rings. The molecule has 0 unspecified atom stereocenters. The van der Waals surface area contributed by atoms with Gasteiger partial charge < -0.3 is 14.8 Å². The van der Waals surface area contributed by atoms with Gasteiger partial charge in [0.05, 0.1) is 20.6 Å². The van der Waals surface area contributed by atoms with Gasteiger partial charge in [0.1, 0.15) is 0 Å². The maximum atomic E-state index is 12.3. The van der Waals surface area contributed by atoms with E-state index in [0.29, 0.717) is 11.5 Å². The van der Waals surface area contributed by atoms with Crippen molar-refractivity contribution in [1.82, 2.24) is 0 Å². The molecule has 0 aliphatic carbocycles. The van der Waals surface area contributed by atoms with Gasteiger partial charge in [0.25, 0.3) is 0 Å². The molecule has 0 radical (unpaired) electrons. The summed E-state index contributed by atoms with van der Waals surface area (Å²) >= 11 is 3.48. The van der Waals surface area contributed by atoms with Crippen LogP contribution in [0.3, 0.4) is 0 Å². The van der Waals surface area contributed by atoms with Gasteiger partial charge >= 0.3 is 0 Å². The molecule has 2 rings (SSSR count). The number of ether oxygens (including phenoxy) is 2. The molecule has 0 atom stereocenters. The number of hydrogen-bond acceptors (Lipinski definition) is 3. The Morgan fingerprint density at radius 2 is 1.78 bits per heavy atom. The predicted octanol–water partition coefficient (Wildman–Crippen LogP) is 4.26. The molecule has 1 amide bonds. The summed E-state index contributed by atoms with van der Waals surface area (Å²) in [6.07, 6.45) is 0.244. The first-order valence-corrected chi connectivity index (χ1v) is 8.02. The number of carbonyl (C=O) groups excluding carboxylic acids is 1. The Morgan fingerprint density at radius 3 is 2.43 bits per heavy atom. The van der Waals surface area contributed by atoms with E-state index < -0.39 is 0 Å². The van der Waals surface area contributed by atoms with E-state index in [2.05, 4.69) is 21.2 Å². The van der Waals surface area contributed by atoms with Gasteiger partial charge in [-0.1, -0.05) is 28.1 Å². The molecule has 2 aromatic rings. The fourth-order valence-electron chi connectivity index (χ4n) is 2.29. The Morgan fingerprint density at radius 1 is 1.13 bits per heavy atom. The third-order valence-electron chi connectivity index (χ3n) is 3.78. The van der Waals surface area contributed by atoms with E-state index in [1.807, 2.05) is 38.1 Å². The molecule has 5 heteroatoms. The Balaban J connectivity index is 2.18. The van der Waals surface area contributed by atoms with E-state index in [1.165, 1.54) is 0 Å². The minimum absolute atomic E-state index is 0.0772. The van der Waals surface area contributed by atoms with Crippen LogP contribution in [0, 0.1) is 13.8 Å². The Bertz CT molecular complexity index is 728. The van der Waals surface area contributed by atoms with Crippen LogP contribution in [0.5, 0.6) is 11.5 Å². The maximum absolute atomic E-state index is 12.3. The standard InChI is InChI=1S/C18H20BrNO3/c1-11-6-5-7-15(12(11)2)20-18(21)9-13-8-16(22-3)17(23-4)10-14(13)19/h5-8,10H,9H2,1-4H3,(H,20,21). The number of benzene rings is 2. The number of amides is 1. The van der Waals surface area contributed by atoms with Crippen molar-refractivity contribution in [2.24, 2.45) is 0 Å². The van der Waals surface area contributed by atoms with E-state index in [1.54, 1.807) is 20.3 Å². The quantitative estimate of drug-likeness (QED) is 0.846.